The Morgan fingerprint density at radius 3 is 1.16 bits per heavy atom. The second-order valence-corrected chi connectivity index (χ2v) is 39.8. The molecule has 27 heteroatoms. The van der Waals surface area contributed by atoms with Crippen LogP contribution in [0.1, 0.15) is 208 Å². The number of H-pyrrole nitrogens is 1. The van der Waals surface area contributed by atoms with E-state index in [4.69, 9.17) is 4.74 Å². The van der Waals surface area contributed by atoms with Crippen molar-refractivity contribution in [2.75, 3.05) is 13.7 Å². The van der Waals surface area contributed by atoms with Gasteiger partial charge in [-0.2, -0.15) is 35.7 Å². The third kappa shape index (κ3) is 26.4. The van der Waals surface area contributed by atoms with Crippen molar-refractivity contribution in [2.24, 2.45) is 50.7 Å². The minimum Gasteiger partial charge on any atom is -0.495 e. The summed E-state index contributed by atoms with van der Waals surface area (Å²) in [6, 6.07) is 73.3. The number of aromatic nitrogens is 23. The number of aryl methyl sites for hydroxylation is 5. The van der Waals surface area contributed by atoms with Gasteiger partial charge >= 0.3 is 0 Å². The summed E-state index contributed by atoms with van der Waals surface area (Å²) in [4.78, 5) is 48.6. The largest absolute Gasteiger partial charge is 0.495 e. The predicted molar refractivity (Wildman–Crippen MR) is 607 cm³/mol. The fraction of sp³-hybridized carbons (Fsp3) is 0.252. The Morgan fingerprint density at radius 1 is 0.273 bits per heavy atom. The minimum atomic E-state index is 0.406. The molecular weight excluding hydrogens is 1860 g/mol. The number of hydrogen-bond acceptors (Lipinski definition) is 21. The molecule has 0 amide bonds. The van der Waals surface area contributed by atoms with Crippen molar-refractivity contribution in [1.82, 2.24) is 114 Å². The lowest BCUT2D eigenvalue weighted by molar-refractivity contribution is 0.413. The maximum Gasteiger partial charge on any atom is 0.159 e. The third-order valence-corrected chi connectivity index (χ3v) is 26.4. The molecule has 0 unspecified atom stereocenters. The molecule has 1 N–H and O–H groups in total. The lowest BCUT2D eigenvalue weighted by Crippen LogP contribution is -2.01. The summed E-state index contributed by atoms with van der Waals surface area (Å²) in [6.07, 6.45) is 33.4. The summed E-state index contributed by atoms with van der Waals surface area (Å²) in [6.45, 7) is 35.5. The highest BCUT2D eigenvalue weighted by Crippen LogP contribution is 2.35. The SMILES string of the molecule is CC(C)c1ccnc(-c2ccc3[nH]ncc3c2)c1.CC(C)c1ccnc(-c2ccc3c(cnn3C)c2)c1.CC(C)c1ccnc(-c2ccc3c(cnn3C)c2)n1.CC(C)c1ccnc(-c2ccc3cnn(C)c3c2)c1.CC(C)c1ccnc(-c2cccc(C3=NN=NC3)c2)c1.CC(C)c1ccnc(-c2cnc3cnn(C)c3c2)c1.CC(C)c1cncc(-c2ccc3c(cnn3C)c2)c1.COc1cncc(-c2cc(C(C)C)ccn2)c1. The Balaban J connectivity index is 0.000000122. The van der Waals surface area contributed by atoms with Crippen molar-refractivity contribution in [3.05, 3.63) is 374 Å². The highest BCUT2D eigenvalue weighted by atomic mass is 16.5. The molecule has 6 aromatic carbocycles. The number of ether oxygens (including phenoxy) is 1. The minimum absolute atomic E-state index is 0.406. The van der Waals surface area contributed by atoms with Crippen LogP contribution in [0.3, 0.4) is 0 Å². The number of nitrogens with one attached hydrogen (secondary N) is 1. The van der Waals surface area contributed by atoms with Crippen LogP contribution in [0.4, 0.5) is 0 Å². The molecule has 1 aliphatic rings. The zero-order chi connectivity index (χ0) is 106. The van der Waals surface area contributed by atoms with E-state index in [0.29, 0.717) is 53.9 Å². The van der Waals surface area contributed by atoms with Crippen molar-refractivity contribution in [3.63, 3.8) is 0 Å². The number of nitrogens with zero attached hydrogens (tertiary/aromatic N) is 25. The van der Waals surface area contributed by atoms with Crippen LogP contribution in [-0.2, 0) is 35.2 Å². The first-order chi connectivity index (χ1) is 72.4. The predicted octanol–water partition coefficient (Wildman–Crippen LogP) is 28.6. The van der Waals surface area contributed by atoms with E-state index in [2.05, 4.69) is 387 Å². The van der Waals surface area contributed by atoms with Crippen molar-refractivity contribution in [3.8, 4) is 95.8 Å². The Hall–Kier alpha value is -17.4. The van der Waals surface area contributed by atoms with Crippen molar-refractivity contribution < 1.29 is 4.74 Å². The number of benzene rings is 6. The van der Waals surface area contributed by atoms with Gasteiger partial charge in [-0.15, -0.1) is 5.10 Å². The van der Waals surface area contributed by atoms with Crippen LogP contribution in [-0.4, -0.2) is 133 Å². The van der Waals surface area contributed by atoms with Gasteiger partial charge in [-0.3, -0.25) is 73.4 Å². The van der Waals surface area contributed by atoms with E-state index in [1.165, 1.54) is 44.5 Å². The van der Waals surface area contributed by atoms with Gasteiger partial charge in [-0.25, -0.2) is 9.97 Å². The highest BCUT2D eigenvalue weighted by Gasteiger charge is 2.18. The topological polar surface area (TPSA) is 306 Å². The highest BCUT2D eigenvalue weighted by molar-refractivity contribution is 6.03. The Morgan fingerprint density at radius 2 is 0.667 bits per heavy atom. The van der Waals surface area contributed by atoms with E-state index < -0.39 is 0 Å². The molecule has 0 saturated carbocycles. The van der Waals surface area contributed by atoms with Crippen LogP contribution in [0.2, 0.25) is 0 Å². The molecule has 0 radical (unpaired) electrons. The molecule has 0 bridgehead atoms. The number of methoxy groups -OCH3 is 1. The number of aromatic amines is 1. The molecule has 0 fully saturated rings. The van der Waals surface area contributed by atoms with Crippen LogP contribution in [0, 0.1) is 0 Å². The molecule has 758 valence electrons. The van der Waals surface area contributed by atoms with Gasteiger partial charge in [-0.05, 0) is 261 Å². The smallest absolute Gasteiger partial charge is 0.159 e. The summed E-state index contributed by atoms with van der Waals surface area (Å²) in [7, 11) is 11.4. The number of rotatable bonds is 18. The number of fused-ring (bicyclic) bond motifs is 6. The molecule has 0 saturated heterocycles. The summed E-state index contributed by atoms with van der Waals surface area (Å²) >= 11 is 0. The van der Waals surface area contributed by atoms with E-state index in [1.54, 1.807) is 25.7 Å². The Labute approximate surface area is 876 Å². The Bertz CT molecular complexity index is 8000. The van der Waals surface area contributed by atoms with Crippen LogP contribution in [0.5, 0.6) is 5.75 Å². The van der Waals surface area contributed by atoms with E-state index in [1.807, 2.05) is 194 Å². The quantitative estimate of drug-likeness (QED) is 0.0834. The second kappa shape index (κ2) is 48.8. The first kappa shape index (κ1) is 105. The van der Waals surface area contributed by atoms with Gasteiger partial charge in [0.05, 0.1) is 123 Å². The van der Waals surface area contributed by atoms with Gasteiger partial charge < -0.3 is 4.74 Å². The van der Waals surface area contributed by atoms with Gasteiger partial charge in [0.1, 0.15) is 17.8 Å². The monoisotopic (exact) mass is 1990 g/mol. The molecule has 0 spiro atoms. The van der Waals surface area contributed by atoms with Gasteiger partial charge in [0, 0.05) is 186 Å². The average Bonchev–Trinajstić information content (AvgIpc) is 1.66. The maximum absolute atomic E-state index is 5.16. The van der Waals surface area contributed by atoms with E-state index in [0.717, 1.165) is 173 Å². The van der Waals surface area contributed by atoms with Gasteiger partial charge in [0.15, 0.2) is 5.82 Å². The standard InChI is InChI=1S/C16H16N4.3C16H17N3.2C15H16N4.C15H15N3.C14H16N2O/c1-11(2)12-6-7-17-15(9-12)13-4-3-5-14(8-13)16-10-18-20-19-16;1-11(2)13-7-14(9-17-8-13)12-4-5-16-15(6-12)10-18-19(16)3;1-11(2)12-6-7-17-15(9-12)13-4-5-16-14(8-13)10-18-19(16)3;1-11(2)12-6-7-17-15(8-12)13-4-5-14-10-18-19(3)16(14)9-13;1-10(2)11-4-5-16-13(6-11)12-7-15-14(17-8-12)9-18-19(15)3;1-10(2)13-6-7-16-15(18-13)11-4-5-14-12(8-11)9-17-19(14)3;1-10(2)11-5-6-16-15(8-11)12-3-4-14-13(7-12)9-17-18-14;1-10(2)11-4-5-16-14(7-11)12-6-13(17-3)9-15-8-12/h3-9,11H,10H2,1-2H3;3*4-11H,1-3H3;2*4-10H,1-3H3;3-10H,1-2H3,(H,17,18);4-10H,1-3H3. The molecule has 150 heavy (non-hydrogen) atoms. The van der Waals surface area contributed by atoms with Crippen LogP contribution in [0.15, 0.2) is 339 Å². The number of pyridine rings is 9. The lowest BCUT2D eigenvalue weighted by atomic mass is 10.00. The summed E-state index contributed by atoms with van der Waals surface area (Å²) in [5, 5.41) is 45.6. The first-order valence-corrected chi connectivity index (χ1v) is 50.9. The molecule has 16 aromatic heterocycles. The van der Waals surface area contributed by atoms with Gasteiger partial charge in [0.2, 0.25) is 0 Å². The van der Waals surface area contributed by atoms with Gasteiger partial charge in [-0.1, -0.05) is 159 Å². The average molecular weight is 1990 g/mol. The molecule has 22 aromatic rings. The first-order valence-electron chi connectivity index (χ1n) is 50.9. The number of hydrogen-bond donors (Lipinski definition) is 1. The second-order valence-electron chi connectivity index (χ2n) is 39.8. The molecule has 0 atom stereocenters. The van der Waals surface area contributed by atoms with E-state index >= 15 is 0 Å². The maximum atomic E-state index is 5.16. The van der Waals surface area contributed by atoms with Crippen LogP contribution >= 0.6 is 0 Å². The zero-order valence-electron chi connectivity index (χ0n) is 89.5. The molecule has 1 aliphatic heterocycles. The van der Waals surface area contributed by atoms with Gasteiger partial charge in [0.25, 0.3) is 0 Å². The van der Waals surface area contributed by atoms with Crippen molar-refractivity contribution in [2.45, 2.75) is 158 Å². The van der Waals surface area contributed by atoms with Crippen LogP contribution in [0.25, 0.3) is 156 Å². The zero-order valence-corrected chi connectivity index (χ0v) is 89.5. The summed E-state index contributed by atoms with van der Waals surface area (Å²) < 4.78 is 14.5. The third-order valence-electron chi connectivity index (χ3n) is 26.4. The van der Waals surface area contributed by atoms with E-state index in [-0.39, 0.29) is 0 Å². The van der Waals surface area contributed by atoms with Crippen LogP contribution < -0.4 is 4.74 Å². The molecular formula is C123H130N26O. The fourth-order valence-electron chi connectivity index (χ4n) is 17.0. The normalized spacial score (nSPS) is 11.6. The summed E-state index contributed by atoms with van der Waals surface area (Å²) in [5.41, 5.74) is 35.5. The molecule has 23 rings (SSSR count). The van der Waals surface area contributed by atoms with Crippen molar-refractivity contribution in [1.29, 1.82) is 0 Å². The molecule has 27 nitrogen and oxygen atoms in total. The summed E-state index contributed by atoms with van der Waals surface area (Å²) in [5.74, 6) is 5.47. The molecule has 0 aliphatic carbocycles. The molecule has 17 heterocycles. The van der Waals surface area contributed by atoms with E-state index in [9.17, 15) is 0 Å². The fourth-order valence-corrected chi connectivity index (χ4v) is 17.0. The van der Waals surface area contributed by atoms with Crippen molar-refractivity contribution >= 4 is 71.3 Å². The Kier molecular flexibility index (Phi) is 34.3. The lowest BCUT2D eigenvalue weighted by Gasteiger charge is -2.08.